The molecule has 1 amide bonds. The fourth-order valence-electron chi connectivity index (χ4n) is 3.54. The highest BCUT2D eigenvalue weighted by atomic mass is 35.5. The van der Waals surface area contributed by atoms with Crippen LogP contribution in [0.25, 0.3) is 6.08 Å². The van der Waals surface area contributed by atoms with Crippen LogP contribution in [0.5, 0.6) is 5.75 Å². The minimum absolute atomic E-state index is 0.421. The number of hydrogen-bond donors (Lipinski definition) is 1. The van der Waals surface area contributed by atoms with E-state index in [9.17, 15) is 14.9 Å². The van der Waals surface area contributed by atoms with Gasteiger partial charge in [-0.3, -0.25) is 4.79 Å². The van der Waals surface area contributed by atoms with Crippen molar-refractivity contribution in [2.24, 2.45) is 0 Å². The number of aryl methyl sites for hydroxylation is 1. The summed E-state index contributed by atoms with van der Waals surface area (Å²) >= 11 is 7.30. The van der Waals surface area contributed by atoms with Crippen LogP contribution in [-0.2, 0) is 33.8 Å². The number of hydrogen-bond acceptors (Lipinski definition) is 6. The molecule has 1 N–H and O–H groups in total. The van der Waals surface area contributed by atoms with Crippen LogP contribution >= 0.6 is 22.9 Å². The number of fused-ring (bicyclic) bond motifs is 1. The predicted molar refractivity (Wildman–Crippen MR) is 132 cm³/mol. The van der Waals surface area contributed by atoms with Gasteiger partial charge in [0.1, 0.15) is 23.4 Å². The van der Waals surface area contributed by atoms with Crippen molar-refractivity contribution in [1.82, 2.24) is 0 Å². The summed E-state index contributed by atoms with van der Waals surface area (Å²) in [5, 5.41) is 13.3. The minimum atomic E-state index is -0.632. The highest BCUT2D eigenvalue weighted by Crippen LogP contribution is 2.38. The van der Waals surface area contributed by atoms with Crippen molar-refractivity contribution < 1.29 is 19.1 Å². The summed E-state index contributed by atoms with van der Waals surface area (Å²) in [4.78, 5) is 25.3. The lowest BCUT2D eigenvalue weighted by molar-refractivity contribution is -0.142. The van der Waals surface area contributed by atoms with E-state index in [4.69, 9.17) is 21.1 Å². The molecule has 0 atom stereocenters. The van der Waals surface area contributed by atoms with Crippen LogP contribution in [-0.4, -0.2) is 18.5 Å². The molecule has 1 aliphatic carbocycles. The molecule has 34 heavy (non-hydrogen) atoms. The molecular formula is C26H21ClN2O4S. The number of carbonyl (C=O) groups excluding carboxylic acids is 2. The van der Waals surface area contributed by atoms with Gasteiger partial charge < -0.3 is 14.8 Å². The van der Waals surface area contributed by atoms with Gasteiger partial charge in [-0.05, 0) is 66.3 Å². The summed E-state index contributed by atoms with van der Waals surface area (Å²) in [7, 11) is 0. The third-order valence-electron chi connectivity index (χ3n) is 5.24. The zero-order valence-electron chi connectivity index (χ0n) is 18.2. The molecule has 6 nitrogen and oxygen atoms in total. The Hall–Kier alpha value is -3.60. The van der Waals surface area contributed by atoms with Crippen molar-refractivity contribution in [3.05, 3.63) is 86.8 Å². The van der Waals surface area contributed by atoms with Crippen molar-refractivity contribution in [1.29, 1.82) is 5.26 Å². The number of thiophene rings is 1. The molecule has 3 aromatic rings. The Labute approximate surface area is 206 Å². The number of ether oxygens (including phenoxy) is 2. The van der Waals surface area contributed by atoms with E-state index >= 15 is 0 Å². The quantitative estimate of drug-likeness (QED) is 0.329. The van der Waals surface area contributed by atoms with E-state index in [1.165, 1.54) is 17.4 Å². The molecule has 4 rings (SSSR count). The summed E-state index contributed by atoms with van der Waals surface area (Å²) in [6.07, 6.45) is 5.69. The molecule has 0 radical (unpaired) electrons. The maximum atomic E-state index is 12.2. The van der Waals surface area contributed by atoms with Gasteiger partial charge >= 0.3 is 5.97 Å². The van der Waals surface area contributed by atoms with Crippen LogP contribution in [0.1, 0.15) is 33.6 Å². The number of halogens is 1. The Balaban J connectivity index is 1.22. The highest BCUT2D eigenvalue weighted by molar-refractivity contribution is 7.16. The van der Waals surface area contributed by atoms with Crippen LogP contribution in [0.3, 0.4) is 0 Å². The van der Waals surface area contributed by atoms with E-state index in [1.54, 1.807) is 18.2 Å². The Bertz CT molecular complexity index is 1260. The van der Waals surface area contributed by atoms with Gasteiger partial charge in [0.2, 0.25) is 0 Å². The third kappa shape index (κ3) is 6.04. The summed E-state index contributed by atoms with van der Waals surface area (Å²) in [6, 6.07) is 16.8. The van der Waals surface area contributed by atoms with E-state index in [-0.39, 0.29) is 0 Å². The van der Waals surface area contributed by atoms with Crippen molar-refractivity contribution in [2.45, 2.75) is 25.9 Å². The first-order valence-electron chi connectivity index (χ1n) is 10.7. The van der Waals surface area contributed by atoms with E-state index < -0.39 is 18.5 Å². The number of amides is 1. The molecular weight excluding hydrogens is 472 g/mol. The molecule has 0 spiro atoms. The SMILES string of the molecule is N#Cc1c(NC(=O)COC(=O)/C=C/c2ccc(OCc3ccc(Cl)cc3)cc2)sc2c1CCC2. The molecule has 0 saturated heterocycles. The first-order valence-corrected chi connectivity index (χ1v) is 11.9. The molecule has 1 aliphatic rings. The van der Waals surface area contributed by atoms with Gasteiger partial charge in [0.25, 0.3) is 5.91 Å². The normalized spacial score (nSPS) is 12.2. The van der Waals surface area contributed by atoms with Crippen molar-refractivity contribution in [2.75, 3.05) is 11.9 Å². The molecule has 0 aliphatic heterocycles. The fourth-order valence-corrected chi connectivity index (χ4v) is 4.93. The largest absolute Gasteiger partial charge is 0.489 e. The molecule has 0 fully saturated rings. The lowest BCUT2D eigenvalue weighted by Crippen LogP contribution is -2.20. The number of anilines is 1. The topological polar surface area (TPSA) is 88.4 Å². The predicted octanol–water partition coefficient (Wildman–Crippen LogP) is 5.54. The van der Waals surface area contributed by atoms with Gasteiger partial charge in [0.15, 0.2) is 6.61 Å². The average molecular weight is 493 g/mol. The smallest absolute Gasteiger partial charge is 0.331 e. The lowest BCUT2D eigenvalue weighted by Gasteiger charge is -2.06. The molecule has 1 heterocycles. The molecule has 0 bridgehead atoms. The first-order chi connectivity index (χ1) is 16.5. The number of nitriles is 1. The van der Waals surface area contributed by atoms with Crippen LogP contribution in [0.2, 0.25) is 5.02 Å². The van der Waals surface area contributed by atoms with Gasteiger partial charge in [-0.15, -0.1) is 11.3 Å². The molecule has 8 heteroatoms. The number of esters is 1. The molecule has 0 saturated carbocycles. The number of carbonyl (C=O) groups is 2. The summed E-state index contributed by atoms with van der Waals surface area (Å²) < 4.78 is 10.8. The molecule has 172 valence electrons. The Morgan fingerprint density at radius 2 is 1.88 bits per heavy atom. The summed E-state index contributed by atoms with van der Waals surface area (Å²) in [5.74, 6) is -0.407. The van der Waals surface area contributed by atoms with Crippen LogP contribution in [0.4, 0.5) is 5.00 Å². The van der Waals surface area contributed by atoms with Crippen molar-refractivity contribution in [3.8, 4) is 11.8 Å². The number of nitrogens with zero attached hydrogens (tertiary/aromatic N) is 1. The second-order valence-corrected chi connectivity index (χ2v) is 9.19. The van der Waals surface area contributed by atoms with Gasteiger partial charge in [0, 0.05) is 16.0 Å². The highest BCUT2D eigenvalue weighted by Gasteiger charge is 2.23. The molecule has 0 unspecified atom stereocenters. The number of nitrogens with one attached hydrogen (secondary N) is 1. The lowest BCUT2D eigenvalue weighted by atomic mass is 10.1. The maximum absolute atomic E-state index is 12.2. The number of rotatable bonds is 8. The third-order valence-corrected chi connectivity index (χ3v) is 6.70. The van der Waals surface area contributed by atoms with E-state index in [0.29, 0.717) is 27.9 Å². The van der Waals surface area contributed by atoms with Crippen LogP contribution < -0.4 is 10.1 Å². The second kappa shape index (κ2) is 11.0. The summed E-state index contributed by atoms with van der Waals surface area (Å²) in [6.45, 7) is -0.00120. The fraction of sp³-hybridized carbons (Fsp3) is 0.192. The van der Waals surface area contributed by atoms with E-state index in [2.05, 4.69) is 11.4 Å². The second-order valence-electron chi connectivity index (χ2n) is 7.65. The zero-order valence-corrected chi connectivity index (χ0v) is 19.7. The maximum Gasteiger partial charge on any atom is 0.331 e. The Morgan fingerprint density at radius 1 is 1.12 bits per heavy atom. The van der Waals surface area contributed by atoms with Gasteiger partial charge in [-0.25, -0.2) is 4.79 Å². The summed E-state index contributed by atoms with van der Waals surface area (Å²) in [5.41, 5.74) is 3.35. The van der Waals surface area contributed by atoms with Crippen LogP contribution in [0.15, 0.2) is 54.6 Å². The van der Waals surface area contributed by atoms with Crippen molar-refractivity contribution in [3.63, 3.8) is 0 Å². The van der Waals surface area contributed by atoms with E-state index in [1.807, 2.05) is 36.4 Å². The van der Waals surface area contributed by atoms with Gasteiger partial charge in [-0.1, -0.05) is 35.9 Å². The zero-order chi connectivity index (χ0) is 23.9. The standard InChI is InChI=1S/C26H21ClN2O4S/c27-19-9-4-18(5-10-19)15-32-20-11-6-17(7-12-20)8-13-25(31)33-16-24(30)29-26-22(14-28)21-2-1-3-23(21)34-26/h4-13H,1-3,15-16H2,(H,29,30)/b13-8+. The van der Waals surface area contributed by atoms with Gasteiger partial charge in [-0.2, -0.15) is 5.26 Å². The molecule has 2 aromatic carbocycles. The Morgan fingerprint density at radius 3 is 2.62 bits per heavy atom. The average Bonchev–Trinajstić information content (AvgIpc) is 3.42. The minimum Gasteiger partial charge on any atom is -0.489 e. The number of benzene rings is 2. The Kier molecular flexibility index (Phi) is 7.63. The van der Waals surface area contributed by atoms with Crippen molar-refractivity contribution >= 4 is 45.9 Å². The van der Waals surface area contributed by atoms with Gasteiger partial charge in [0.05, 0.1) is 5.56 Å². The van der Waals surface area contributed by atoms with E-state index in [0.717, 1.165) is 40.8 Å². The monoisotopic (exact) mass is 492 g/mol. The van der Waals surface area contributed by atoms with Crippen LogP contribution in [0, 0.1) is 11.3 Å². The molecule has 1 aromatic heterocycles. The first kappa shape index (κ1) is 23.6.